The van der Waals surface area contributed by atoms with Crippen molar-refractivity contribution in [1.82, 2.24) is 0 Å². The SMILES string of the molecule is COc1cccc(N(F)C(=O)Cl)c1. The van der Waals surface area contributed by atoms with Gasteiger partial charge >= 0.3 is 5.37 Å². The lowest BCUT2D eigenvalue weighted by Gasteiger charge is -2.08. The van der Waals surface area contributed by atoms with Crippen LogP contribution in [-0.4, -0.2) is 12.5 Å². The van der Waals surface area contributed by atoms with Crippen LogP contribution in [0.25, 0.3) is 0 Å². The molecule has 3 nitrogen and oxygen atoms in total. The summed E-state index contributed by atoms with van der Waals surface area (Å²) in [7, 11) is 1.45. The van der Waals surface area contributed by atoms with Gasteiger partial charge in [-0.05, 0) is 23.7 Å². The molecule has 1 aromatic carbocycles. The molecule has 0 aliphatic heterocycles. The topological polar surface area (TPSA) is 29.5 Å². The molecule has 0 N–H and O–H groups in total. The van der Waals surface area contributed by atoms with Crippen LogP contribution in [0.3, 0.4) is 0 Å². The Bertz CT molecular complexity index is 319. The number of carbonyl (C=O) groups is 1. The summed E-state index contributed by atoms with van der Waals surface area (Å²) in [6.07, 6.45) is 0. The maximum absolute atomic E-state index is 12.9. The van der Waals surface area contributed by atoms with Crippen molar-refractivity contribution in [3.8, 4) is 5.75 Å². The molecular formula is C8H7ClFNO2. The smallest absolute Gasteiger partial charge is 0.349 e. The fourth-order valence-corrected chi connectivity index (χ4v) is 0.932. The Kier molecular flexibility index (Phi) is 3.08. The first kappa shape index (κ1) is 9.80. The van der Waals surface area contributed by atoms with E-state index in [4.69, 9.17) is 16.3 Å². The second-order valence-electron chi connectivity index (χ2n) is 2.24. The molecule has 0 heterocycles. The molecule has 1 rings (SSSR count). The van der Waals surface area contributed by atoms with Crippen LogP contribution in [0, 0.1) is 0 Å². The van der Waals surface area contributed by atoms with E-state index in [-0.39, 0.29) is 10.8 Å². The third-order valence-corrected chi connectivity index (χ3v) is 1.58. The minimum absolute atomic E-state index is 0.0411. The number of nitrogens with zero attached hydrogens (tertiary/aromatic N) is 1. The highest BCUT2D eigenvalue weighted by atomic mass is 35.5. The molecule has 0 unspecified atom stereocenters. The van der Waals surface area contributed by atoms with Gasteiger partial charge in [-0.1, -0.05) is 10.5 Å². The van der Waals surface area contributed by atoms with Crippen molar-refractivity contribution in [2.24, 2.45) is 0 Å². The van der Waals surface area contributed by atoms with Gasteiger partial charge in [0.05, 0.1) is 12.8 Å². The Morgan fingerprint density at radius 1 is 1.62 bits per heavy atom. The lowest BCUT2D eigenvalue weighted by atomic mass is 10.3. The van der Waals surface area contributed by atoms with Gasteiger partial charge < -0.3 is 4.74 Å². The Balaban J connectivity index is 2.94. The van der Waals surface area contributed by atoms with Gasteiger partial charge in [0.1, 0.15) is 5.75 Å². The lowest BCUT2D eigenvalue weighted by molar-refractivity contribution is 0.253. The fraction of sp³-hybridized carbons (Fsp3) is 0.125. The molecule has 0 aliphatic rings. The van der Waals surface area contributed by atoms with E-state index in [0.717, 1.165) is 0 Å². The number of methoxy groups -OCH3 is 1. The largest absolute Gasteiger partial charge is 0.497 e. The third-order valence-electron chi connectivity index (χ3n) is 1.43. The Hall–Kier alpha value is -1.29. The Morgan fingerprint density at radius 2 is 2.31 bits per heavy atom. The van der Waals surface area contributed by atoms with E-state index in [0.29, 0.717) is 5.75 Å². The van der Waals surface area contributed by atoms with Crippen molar-refractivity contribution in [3.05, 3.63) is 24.3 Å². The van der Waals surface area contributed by atoms with Gasteiger partial charge in [-0.25, -0.2) is 0 Å². The number of hydrogen-bond donors (Lipinski definition) is 0. The number of carbonyl (C=O) groups excluding carboxylic acids is 1. The van der Waals surface area contributed by atoms with Gasteiger partial charge in [-0.3, -0.25) is 4.79 Å². The number of hydrogen-bond acceptors (Lipinski definition) is 2. The van der Waals surface area contributed by atoms with Crippen LogP contribution < -0.4 is 9.86 Å². The average molecular weight is 204 g/mol. The molecule has 0 aliphatic carbocycles. The molecule has 0 aromatic heterocycles. The van der Waals surface area contributed by atoms with Crippen molar-refractivity contribution >= 4 is 22.7 Å². The zero-order valence-electron chi connectivity index (χ0n) is 6.83. The van der Waals surface area contributed by atoms with Crippen LogP contribution in [0.15, 0.2) is 24.3 Å². The summed E-state index contributed by atoms with van der Waals surface area (Å²) in [6, 6.07) is 5.96. The zero-order chi connectivity index (χ0) is 9.84. The van der Waals surface area contributed by atoms with E-state index in [1.807, 2.05) is 0 Å². The van der Waals surface area contributed by atoms with Crippen LogP contribution in [-0.2, 0) is 0 Å². The quantitative estimate of drug-likeness (QED) is 0.420. The maximum atomic E-state index is 12.9. The average Bonchev–Trinajstić information content (AvgIpc) is 2.16. The van der Waals surface area contributed by atoms with Gasteiger partial charge in [0.15, 0.2) is 0 Å². The molecule has 13 heavy (non-hydrogen) atoms. The number of amides is 1. The van der Waals surface area contributed by atoms with Crippen molar-refractivity contribution in [2.75, 3.05) is 12.2 Å². The van der Waals surface area contributed by atoms with E-state index in [2.05, 4.69) is 0 Å². The van der Waals surface area contributed by atoms with E-state index in [1.54, 1.807) is 12.1 Å². The molecule has 70 valence electrons. The van der Waals surface area contributed by atoms with E-state index in [9.17, 15) is 9.28 Å². The van der Waals surface area contributed by atoms with Gasteiger partial charge in [-0.2, -0.15) is 0 Å². The molecule has 0 saturated heterocycles. The van der Waals surface area contributed by atoms with Crippen molar-refractivity contribution in [3.63, 3.8) is 0 Å². The van der Waals surface area contributed by atoms with Crippen molar-refractivity contribution in [2.45, 2.75) is 0 Å². The molecule has 1 amide bonds. The van der Waals surface area contributed by atoms with Gasteiger partial charge in [-0.15, -0.1) is 5.12 Å². The van der Waals surface area contributed by atoms with E-state index in [1.165, 1.54) is 19.2 Å². The molecule has 1 aromatic rings. The first-order valence-electron chi connectivity index (χ1n) is 3.44. The number of rotatable bonds is 2. The fourth-order valence-electron chi connectivity index (χ4n) is 0.834. The number of ether oxygens (including phenoxy) is 1. The van der Waals surface area contributed by atoms with Gasteiger partial charge in [0.2, 0.25) is 0 Å². The molecule has 0 bridgehead atoms. The van der Waals surface area contributed by atoms with Crippen LogP contribution in [0.4, 0.5) is 15.0 Å². The van der Waals surface area contributed by atoms with Crippen LogP contribution in [0.2, 0.25) is 0 Å². The second kappa shape index (κ2) is 4.09. The Labute approximate surface area is 79.6 Å². The highest BCUT2D eigenvalue weighted by Crippen LogP contribution is 2.22. The minimum atomic E-state index is -1.19. The summed E-state index contributed by atoms with van der Waals surface area (Å²) in [5.74, 6) is 0.457. The molecular weight excluding hydrogens is 197 g/mol. The summed E-state index contributed by atoms with van der Waals surface area (Å²) >= 11 is 4.93. The summed E-state index contributed by atoms with van der Waals surface area (Å²) in [5, 5.41) is -1.35. The first-order chi connectivity index (χ1) is 6.15. The predicted octanol–water partition coefficient (Wildman–Crippen LogP) is 2.74. The molecule has 0 spiro atoms. The first-order valence-corrected chi connectivity index (χ1v) is 3.82. The van der Waals surface area contributed by atoms with Crippen LogP contribution >= 0.6 is 11.6 Å². The molecule has 0 radical (unpaired) electrons. The lowest BCUT2D eigenvalue weighted by Crippen LogP contribution is -2.13. The molecule has 5 heteroatoms. The molecule has 0 saturated carbocycles. The highest BCUT2D eigenvalue weighted by molar-refractivity contribution is 6.65. The number of anilines is 1. The van der Waals surface area contributed by atoms with Crippen molar-refractivity contribution < 1.29 is 14.0 Å². The van der Waals surface area contributed by atoms with E-state index >= 15 is 0 Å². The highest BCUT2D eigenvalue weighted by Gasteiger charge is 2.12. The monoisotopic (exact) mass is 203 g/mol. The van der Waals surface area contributed by atoms with Crippen LogP contribution in [0.5, 0.6) is 5.75 Å². The molecule has 0 atom stereocenters. The number of benzene rings is 1. The summed E-state index contributed by atoms with van der Waals surface area (Å²) in [4.78, 5) is 10.4. The van der Waals surface area contributed by atoms with Crippen molar-refractivity contribution in [1.29, 1.82) is 0 Å². The summed E-state index contributed by atoms with van der Waals surface area (Å²) in [5.41, 5.74) is 0.0411. The number of halogens is 2. The zero-order valence-corrected chi connectivity index (χ0v) is 7.58. The summed E-state index contributed by atoms with van der Waals surface area (Å²) < 4.78 is 17.7. The summed E-state index contributed by atoms with van der Waals surface area (Å²) in [6.45, 7) is 0. The normalized spacial score (nSPS) is 9.46. The minimum Gasteiger partial charge on any atom is -0.497 e. The van der Waals surface area contributed by atoms with Crippen LogP contribution in [0.1, 0.15) is 0 Å². The predicted molar refractivity (Wildman–Crippen MR) is 47.8 cm³/mol. The Morgan fingerprint density at radius 3 is 2.85 bits per heavy atom. The maximum Gasteiger partial charge on any atom is 0.349 e. The molecule has 0 fully saturated rings. The van der Waals surface area contributed by atoms with Gasteiger partial charge in [0, 0.05) is 6.07 Å². The third kappa shape index (κ3) is 2.32. The standard InChI is InChI=1S/C8H7ClFNO2/c1-13-7-4-2-3-6(5-7)11(10)8(9)12/h2-5H,1H3. The van der Waals surface area contributed by atoms with E-state index < -0.39 is 5.37 Å². The second-order valence-corrected chi connectivity index (χ2v) is 2.56. The van der Waals surface area contributed by atoms with Gasteiger partial charge in [0.25, 0.3) is 0 Å².